The Morgan fingerprint density at radius 1 is 1.53 bits per heavy atom. The molecule has 0 spiro atoms. The Morgan fingerprint density at radius 3 is 2.59 bits per heavy atom. The third-order valence-corrected chi connectivity index (χ3v) is 2.14. The highest BCUT2D eigenvalue weighted by Gasteiger charge is 2.29. The van der Waals surface area contributed by atoms with Crippen LogP contribution in [0.15, 0.2) is 18.2 Å². The van der Waals surface area contributed by atoms with E-state index in [4.69, 9.17) is 5.11 Å². The van der Waals surface area contributed by atoms with E-state index < -0.39 is 27.9 Å². The standard InChI is InChI=1S/C10H11FN2O4/c1-10(2,9(14)15)12-7-4-3-6(11)5-8(7)13(16)17/h3-5,12H,1-2H3,(H,14,15). The lowest BCUT2D eigenvalue weighted by Crippen LogP contribution is -2.40. The molecule has 0 heterocycles. The maximum Gasteiger partial charge on any atom is 0.328 e. The van der Waals surface area contributed by atoms with Gasteiger partial charge in [-0.05, 0) is 26.0 Å². The number of carboxylic acid groups (broad SMARTS) is 1. The first-order valence-electron chi connectivity index (χ1n) is 4.69. The van der Waals surface area contributed by atoms with Crippen LogP contribution in [-0.2, 0) is 4.79 Å². The van der Waals surface area contributed by atoms with Crippen LogP contribution < -0.4 is 5.32 Å². The molecule has 2 N–H and O–H groups in total. The van der Waals surface area contributed by atoms with E-state index in [1.807, 2.05) is 0 Å². The lowest BCUT2D eigenvalue weighted by Gasteiger charge is -2.22. The molecule has 7 heteroatoms. The van der Waals surface area contributed by atoms with Gasteiger partial charge in [0.25, 0.3) is 5.69 Å². The van der Waals surface area contributed by atoms with Crippen molar-refractivity contribution in [3.63, 3.8) is 0 Å². The van der Waals surface area contributed by atoms with Crippen molar-refractivity contribution in [2.24, 2.45) is 0 Å². The Kier molecular flexibility index (Phi) is 3.31. The number of hydrogen-bond acceptors (Lipinski definition) is 4. The summed E-state index contributed by atoms with van der Waals surface area (Å²) in [5.41, 5.74) is -1.93. The Morgan fingerprint density at radius 2 is 2.12 bits per heavy atom. The number of nitrogens with one attached hydrogen (secondary N) is 1. The average Bonchev–Trinajstić information content (AvgIpc) is 2.19. The van der Waals surface area contributed by atoms with Crippen LogP contribution in [0.5, 0.6) is 0 Å². The third kappa shape index (κ3) is 2.90. The quantitative estimate of drug-likeness (QED) is 0.622. The molecule has 0 saturated carbocycles. The number of carbonyl (C=O) groups is 1. The molecule has 0 saturated heterocycles. The van der Waals surface area contributed by atoms with Crippen molar-refractivity contribution in [3.05, 3.63) is 34.1 Å². The first kappa shape index (κ1) is 12.9. The molecule has 17 heavy (non-hydrogen) atoms. The molecule has 0 aliphatic rings. The fourth-order valence-corrected chi connectivity index (χ4v) is 1.15. The zero-order valence-electron chi connectivity index (χ0n) is 9.23. The van der Waals surface area contributed by atoms with Gasteiger partial charge in [-0.3, -0.25) is 10.1 Å². The number of nitro groups is 1. The molecular formula is C10H11FN2O4. The van der Waals surface area contributed by atoms with E-state index in [2.05, 4.69) is 5.32 Å². The number of nitro benzene ring substituents is 1. The monoisotopic (exact) mass is 242 g/mol. The summed E-state index contributed by atoms with van der Waals surface area (Å²) < 4.78 is 12.9. The number of nitrogens with zero attached hydrogens (tertiary/aromatic N) is 1. The van der Waals surface area contributed by atoms with Crippen molar-refractivity contribution >= 4 is 17.3 Å². The van der Waals surface area contributed by atoms with Crippen molar-refractivity contribution in [3.8, 4) is 0 Å². The molecule has 0 bridgehead atoms. The van der Waals surface area contributed by atoms with E-state index in [0.29, 0.717) is 0 Å². The van der Waals surface area contributed by atoms with Crippen LogP contribution in [0.4, 0.5) is 15.8 Å². The molecule has 0 aliphatic heterocycles. The van der Waals surface area contributed by atoms with Crippen LogP contribution in [0.2, 0.25) is 0 Å². The maximum atomic E-state index is 12.9. The number of carboxylic acids is 1. The number of aliphatic carboxylic acids is 1. The summed E-state index contributed by atoms with van der Waals surface area (Å²) in [6, 6.07) is 2.89. The second-order valence-corrected chi connectivity index (χ2v) is 3.97. The summed E-state index contributed by atoms with van der Waals surface area (Å²) in [7, 11) is 0. The van der Waals surface area contributed by atoms with Crippen LogP contribution in [0.1, 0.15) is 13.8 Å². The van der Waals surface area contributed by atoms with Gasteiger partial charge < -0.3 is 10.4 Å². The number of rotatable bonds is 4. The predicted octanol–water partition coefficient (Wildman–Crippen LogP) is 2.01. The van der Waals surface area contributed by atoms with E-state index in [-0.39, 0.29) is 5.69 Å². The fraction of sp³-hybridized carbons (Fsp3) is 0.300. The Hall–Kier alpha value is -2.18. The van der Waals surface area contributed by atoms with Crippen LogP contribution in [0.25, 0.3) is 0 Å². The molecular weight excluding hydrogens is 231 g/mol. The van der Waals surface area contributed by atoms with Crippen LogP contribution >= 0.6 is 0 Å². The number of halogens is 1. The Balaban J connectivity index is 3.15. The predicted molar refractivity (Wildman–Crippen MR) is 58.4 cm³/mol. The molecule has 1 rings (SSSR count). The van der Waals surface area contributed by atoms with Crippen molar-refractivity contribution in [2.75, 3.05) is 5.32 Å². The van der Waals surface area contributed by atoms with Crippen molar-refractivity contribution < 1.29 is 19.2 Å². The largest absolute Gasteiger partial charge is 0.480 e. The van der Waals surface area contributed by atoms with Gasteiger partial charge in [0.05, 0.1) is 11.0 Å². The molecule has 92 valence electrons. The van der Waals surface area contributed by atoms with Gasteiger partial charge in [0.1, 0.15) is 17.0 Å². The molecule has 1 aromatic carbocycles. The summed E-state index contributed by atoms with van der Waals surface area (Å²) in [6.07, 6.45) is 0. The van der Waals surface area contributed by atoms with Crippen molar-refractivity contribution in [1.82, 2.24) is 0 Å². The summed E-state index contributed by atoms with van der Waals surface area (Å²) in [4.78, 5) is 20.8. The van der Waals surface area contributed by atoms with E-state index >= 15 is 0 Å². The van der Waals surface area contributed by atoms with Gasteiger partial charge in [-0.25, -0.2) is 9.18 Å². The summed E-state index contributed by atoms with van der Waals surface area (Å²) in [5.74, 6) is -1.92. The number of hydrogen-bond donors (Lipinski definition) is 2. The normalized spacial score (nSPS) is 11.0. The zero-order chi connectivity index (χ0) is 13.2. The van der Waals surface area contributed by atoms with Gasteiger partial charge in [-0.1, -0.05) is 0 Å². The first-order chi connectivity index (χ1) is 7.74. The first-order valence-corrected chi connectivity index (χ1v) is 4.69. The smallest absolute Gasteiger partial charge is 0.328 e. The second kappa shape index (κ2) is 4.36. The number of benzene rings is 1. The molecule has 0 radical (unpaired) electrons. The minimum atomic E-state index is -1.39. The lowest BCUT2D eigenvalue weighted by atomic mass is 10.1. The molecule has 1 aromatic rings. The average molecular weight is 242 g/mol. The topological polar surface area (TPSA) is 92.5 Å². The van der Waals surface area contributed by atoms with Gasteiger partial charge >= 0.3 is 5.97 Å². The van der Waals surface area contributed by atoms with E-state index in [1.165, 1.54) is 13.8 Å². The fourth-order valence-electron chi connectivity index (χ4n) is 1.15. The third-order valence-electron chi connectivity index (χ3n) is 2.14. The highest BCUT2D eigenvalue weighted by molar-refractivity contribution is 5.83. The minimum absolute atomic E-state index is 0.0381. The van der Waals surface area contributed by atoms with Gasteiger partial charge in [-0.15, -0.1) is 0 Å². The second-order valence-electron chi connectivity index (χ2n) is 3.97. The SMILES string of the molecule is CC(C)(Nc1ccc(F)cc1[N+](=O)[O-])C(=O)O. The molecule has 0 atom stereocenters. The molecule has 0 amide bonds. The summed E-state index contributed by atoms with van der Waals surface area (Å²) >= 11 is 0. The molecule has 0 aromatic heterocycles. The van der Waals surface area contributed by atoms with Crippen LogP contribution in [0.3, 0.4) is 0 Å². The van der Waals surface area contributed by atoms with Gasteiger partial charge in [0.15, 0.2) is 0 Å². The Labute approximate surface area is 96.2 Å². The van der Waals surface area contributed by atoms with E-state index in [9.17, 15) is 19.3 Å². The van der Waals surface area contributed by atoms with Gasteiger partial charge in [-0.2, -0.15) is 0 Å². The van der Waals surface area contributed by atoms with Crippen molar-refractivity contribution in [2.45, 2.75) is 19.4 Å². The minimum Gasteiger partial charge on any atom is -0.480 e. The molecule has 0 fully saturated rings. The zero-order valence-corrected chi connectivity index (χ0v) is 9.23. The van der Waals surface area contributed by atoms with Gasteiger partial charge in [0, 0.05) is 0 Å². The molecule has 0 aliphatic carbocycles. The van der Waals surface area contributed by atoms with E-state index in [0.717, 1.165) is 18.2 Å². The highest BCUT2D eigenvalue weighted by Crippen LogP contribution is 2.27. The van der Waals surface area contributed by atoms with Crippen LogP contribution in [-0.4, -0.2) is 21.5 Å². The highest BCUT2D eigenvalue weighted by atomic mass is 19.1. The van der Waals surface area contributed by atoms with Crippen LogP contribution in [0, 0.1) is 15.9 Å². The number of anilines is 1. The van der Waals surface area contributed by atoms with Crippen molar-refractivity contribution in [1.29, 1.82) is 0 Å². The molecule has 6 nitrogen and oxygen atoms in total. The maximum absolute atomic E-state index is 12.9. The Bertz CT molecular complexity index is 473. The summed E-state index contributed by atoms with van der Waals surface area (Å²) in [6.45, 7) is 2.70. The molecule has 0 unspecified atom stereocenters. The van der Waals surface area contributed by atoms with E-state index in [1.54, 1.807) is 0 Å². The van der Waals surface area contributed by atoms with Gasteiger partial charge in [0.2, 0.25) is 0 Å². The lowest BCUT2D eigenvalue weighted by molar-refractivity contribution is -0.384. The summed E-state index contributed by atoms with van der Waals surface area (Å²) in [5, 5.41) is 22.0.